The summed E-state index contributed by atoms with van der Waals surface area (Å²) in [5, 5.41) is 7.86. The molecule has 2 aliphatic rings. The smallest absolute Gasteiger partial charge is 0.163 e. The second-order valence-corrected chi connectivity index (χ2v) is 10.5. The molecule has 0 radical (unpaired) electrons. The van der Waals surface area contributed by atoms with Gasteiger partial charge >= 0.3 is 0 Å². The molecule has 3 aromatic rings. The molecule has 1 aliphatic carbocycles. The molecule has 0 saturated heterocycles. The van der Waals surface area contributed by atoms with Crippen LogP contribution in [0.4, 0.5) is 11.4 Å². The van der Waals surface area contributed by atoms with Gasteiger partial charge in [0.25, 0.3) is 0 Å². The minimum absolute atomic E-state index is 0.108. The second kappa shape index (κ2) is 8.39. The molecule has 0 saturated carbocycles. The molecule has 1 heterocycles. The number of benzene rings is 3. The molecule has 0 bridgehead atoms. The Morgan fingerprint density at radius 2 is 1.52 bits per heavy atom. The maximum atomic E-state index is 13.7. The van der Waals surface area contributed by atoms with E-state index in [1.807, 2.05) is 48.5 Å². The molecule has 4 heteroatoms. The molecule has 0 aromatic heterocycles. The Bertz CT molecular complexity index is 1240. The number of nitrogens with one attached hydrogen (secondary N) is 2. The monoisotopic (exact) mass is 456 g/mol. The third-order valence-electron chi connectivity index (χ3n) is 6.77. The highest BCUT2D eigenvalue weighted by Crippen LogP contribution is 2.45. The minimum atomic E-state index is -0.290. The van der Waals surface area contributed by atoms with Crippen LogP contribution in [0.25, 0.3) is 0 Å². The standard InChI is InChI=1S/C29H29ClN2O/c1-29(2,3)20-14-12-18(13-15-20)19-16-25-27(26(33)17-19)28(21-8-4-5-9-22(21)30)32-24-11-7-6-10-23(24)31-25/h4-15,19,28,31-32H,16-17H2,1-3H3/t19-,28-/m1/s1. The number of carbonyl (C=O) groups excluding carboxylic acids is 1. The van der Waals surface area contributed by atoms with Crippen LogP contribution in [-0.4, -0.2) is 5.78 Å². The fraction of sp³-hybridized carbons (Fsp3) is 0.276. The van der Waals surface area contributed by atoms with E-state index in [0.717, 1.165) is 34.6 Å². The Balaban J connectivity index is 1.56. The van der Waals surface area contributed by atoms with Crippen molar-refractivity contribution in [2.45, 2.75) is 51.0 Å². The molecular formula is C29H29ClN2O. The van der Waals surface area contributed by atoms with Crippen LogP contribution < -0.4 is 10.6 Å². The summed E-state index contributed by atoms with van der Waals surface area (Å²) >= 11 is 6.60. The van der Waals surface area contributed by atoms with Gasteiger partial charge in [-0.2, -0.15) is 0 Å². The Morgan fingerprint density at radius 3 is 2.21 bits per heavy atom. The molecule has 5 rings (SSSR count). The van der Waals surface area contributed by atoms with Gasteiger partial charge in [-0.05, 0) is 52.6 Å². The zero-order chi connectivity index (χ0) is 23.2. The lowest BCUT2D eigenvalue weighted by Gasteiger charge is -2.30. The number of hydrogen-bond donors (Lipinski definition) is 2. The van der Waals surface area contributed by atoms with E-state index in [2.05, 4.69) is 55.7 Å². The van der Waals surface area contributed by atoms with Crippen molar-refractivity contribution in [2.75, 3.05) is 10.6 Å². The number of anilines is 2. The van der Waals surface area contributed by atoms with Crippen molar-refractivity contribution >= 4 is 28.8 Å². The van der Waals surface area contributed by atoms with Gasteiger partial charge < -0.3 is 10.6 Å². The lowest BCUT2D eigenvalue weighted by atomic mass is 9.77. The first-order chi connectivity index (χ1) is 15.8. The van der Waals surface area contributed by atoms with Gasteiger partial charge in [0.2, 0.25) is 0 Å². The SMILES string of the molecule is CC(C)(C)c1ccc([C@H]2CC(=O)C3=C(C2)Nc2ccccc2N[C@@H]3c2ccccc2Cl)cc1. The van der Waals surface area contributed by atoms with Crippen LogP contribution in [0.2, 0.25) is 5.02 Å². The molecule has 3 nitrogen and oxygen atoms in total. The van der Waals surface area contributed by atoms with Gasteiger partial charge in [0.05, 0.1) is 17.4 Å². The Labute approximate surface area is 200 Å². The van der Waals surface area contributed by atoms with E-state index in [-0.39, 0.29) is 23.2 Å². The van der Waals surface area contributed by atoms with Gasteiger partial charge in [-0.1, -0.05) is 87.0 Å². The first-order valence-corrected chi connectivity index (χ1v) is 11.9. The van der Waals surface area contributed by atoms with Crippen LogP contribution in [0.15, 0.2) is 84.1 Å². The first-order valence-electron chi connectivity index (χ1n) is 11.5. The Kier molecular flexibility index (Phi) is 5.54. The largest absolute Gasteiger partial charge is 0.372 e. The highest BCUT2D eigenvalue weighted by atomic mass is 35.5. The van der Waals surface area contributed by atoms with Crippen molar-refractivity contribution in [3.8, 4) is 0 Å². The number of carbonyl (C=O) groups is 1. The molecule has 33 heavy (non-hydrogen) atoms. The molecule has 2 N–H and O–H groups in total. The first kappa shape index (κ1) is 21.8. The van der Waals surface area contributed by atoms with Crippen LogP contribution in [0.1, 0.15) is 62.3 Å². The summed E-state index contributed by atoms with van der Waals surface area (Å²) in [6, 6.07) is 24.4. The molecule has 0 unspecified atom stereocenters. The summed E-state index contributed by atoms with van der Waals surface area (Å²) in [7, 11) is 0. The number of hydrogen-bond acceptors (Lipinski definition) is 3. The van der Waals surface area contributed by atoms with Crippen molar-refractivity contribution in [3.05, 3.63) is 106 Å². The van der Waals surface area contributed by atoms with Crippen LogP contribution in [0.5, 0.6) is 0 Å². The lowest BCUT2D eigenvalue weighted by molar-refractivity contribution is -0.116. The van der Waals surface area contributed by atoms with Crippen molar-refractivity contribution in [2.24, 2.45) is 0 Å². The van der Waals surface area contributed by atoms with E-state index >= 15 is 0 Å². The number of fused-ring (bicyclic) bond motifs is 1. The van der Waals surface area contributed by atoms with Crippen LogP contribution in [0, 0.1) is 0 Å². The summed E-state index contributed by atoms with van der Waals surface area (Å²) in [5.74, 6) is 0.314. The summed E-state index contributed by atoms with van der Waals surface area (Å²) in [4.78, 5) is 13.7. The van der Waals surface area contributed by atoms with E-state index in [9.17, 15) is 4.79 Å². The van der Waals surface area contributed by atoms with Crippen molar-refractivity contribution in [1.82, 2.24) is 0 Å². The predicted molar refractivity (Wildman–Crippen MR) is 137 cm³/mol. The average molecular weight is 457 g/mol. The van der Waals surface area contributed by atoms with Crippen LogP contribution >= 0.6 is 11.6 Å². The number of ketones is 1. The molecule has 0 amide bonds. The molecule has 0 spiro atoms. The molecule has 0 fully saturated rings. The quantitative estimate of drug-likeness (QED) is 0.416. The predicted octanol–water partition coefficient (Wildman–Crippen LogP) is 7.62. The zero-order valence-corrected chi connectivity index (χ0v) is 20.0. The Morgan fingerprint density at radius 1 is 0.848 bits per heavy atom. The number of rotatable bonds is 2. The Hall–Kier alpha value is -3.04. The average Bonchev–Trinajstić information content (AvgIpc) is 2.95. The molecule has 168 valence electrons. The van der Waals surface area contributed by atoms with E-state index in [1.54, 1.807) is 0 Å². The van der Waals surface area contributed by atoms with Gasteiger partial charge in [0.15, 0.2) is 5.78 Å². The fourth-order valence-corrected chi connectivity index (χ4v) is 5.17. The van der Waals surface area contributed by atoms with E-state index < -0.39 is 0 Å². The van der Waals surface area contributed by atoms with Crippen LogP contribution in [-0.2, 0) is 10.2 Å². The molecule has 3 aromatic carbocycles. The number of Topliss-reactive ketones (excluding diaryl/α,β-unsaturated/α-hetero) is 1. The van der Waals surface area contributed by atoms with Crippen LogP contribution in [0.3, 0.4) is 0 Å². The van der Waals surface area contributed by atoms with E-state index in [4.69, 9.17) is 11.6 Å². The highest BCUT2D eigenvalue weighted by molar-refractivity contribution is 6.31. The number of allylic oxidation sites excluding steroid dienone is 1. The summed E-state index contributed by atoms with van der Waals surface area (Å²) in [6.07, 6.45) is 1.28. The highest BCUT2D eigenvalue weighted by Gasteiger charge is 2.36. The second-order valence-electron chi connectivity index (χ2n) is 10.1. The molecule has 2 atom stereocenters. The molecule has 1 aliphatic heterocycles. The lowest BCUT2D eigenvalue weighted by Crippen LogP contribution is -2.27. The maximum absolute atomic E-state index is 13.7. The minimum Gasteiger partial charge on any atom is -0.372 e. The van der Waals surface area contributed by atoms with Gasteiger partial charge in [0, 0.05) is 22.7 Å². The third-order valence-corrected chi connectivity index (χ3v) is 7.12. The van der Waals surface area contributed by atoms with Gasteiger partial charge in [-0.3, -0.25) is 4.79 Å². The van der Waals surface area contributed by atoms with Crippen molar-refractivity contribution in [3.63, 3.8) is 0 Å². The van der Waals surface area contributed by atoms with Gasteiger partial charge in [0.1, 0.15) is 0 Å². The maximum Gasteiger partial charge on any atom is 0.163 e. The summed E-state index contributed by atoms with van der Waals surface area (Å²) in [5.41, 5.74) is 7.28. The normalized spacial score (nSPS) is 20.3. The topological polar surface area (TPSA) is 41.1 Å². The fourth-order valence-electron chi connectivity index (χ4n) is 4.93. The molecular weight excluding hydrogens is 428 g/mol. The van der Waals surface area contributed by atoms with Crippen molar-refractivity contribution in [1.29, 1.82) is 0 Å². The van der Waals surface area contributed by atoms with Gasteiger partial charge in [-0.25, -0.2) is 0 Å². The van der Waals surface area contributed by atoms with Crippen molar-refractivity contribution < 1.29 is 4.79 Å². The number of halogens is 1. The zero-order valence-electron chi connectivity index (χ0n) is 19.3. The van der Waals surface area contributed by atoms with Gasteiger partial charge in [-0.15, -0.1) is 0 Å². The third kappa shape index (κ3) is 4.18. The van der Waals surface area contributed by atoms with E-state index in [1.165, 1.54) is 11.1 Å². The van der Waals surface area contributed by atoms with E-state index in [0.29, 0.717) is 11.4 Å². The summed E-state index contributed by atoms with van der Waals surface area (Å²) in [6.45, 7) is 6.66. The summed E-state index contributed by atoms with van der Waals surface area (Å²) < 4.78 is 0. The number of para-hydroxylation sites is 2.